The Morgan fingerprint density at radius 2 is 2.26 bits per heavy atom. The maximum absolute atomic E-state index is 12.3. The first-order chi connectivity index (χ1) is 11.2. The lowest BCUT2D eigenvalue weighted by atomic mass is 10.1. The molecule has 1 unspecified atom stereocenters. The van der Waals surface area contributed by atoms with E-state index in [4.69, 9.17) is 19.9 Å². The topological polar surface area (TPSA) is 74.0 Å². The number of nitrogens with two attached hydrogens (primary N) is 1. The lowest BCUT2D eigenvalue weighted by Gasteiger charge is -2.22. The maximum Gasteiger partial charge on any atom is 0.246 e. The fourth-order valence-corrected chi connectivity index (χ4v) is 3.02. The predicted molar refractivity (Wildman–Crippen MR) is 86.8 cm³/mol. The van der Waals surface area contributed by atoms with Crippen molar-refractivity contribution in [2.45, 2.75) is 18.9 Å². The van der Waals surface area contributed by atoms with Gasteiger partial charge in [0.15, 0.2) is 11.5 Å². The Labute approximate surface area is 135 Å². The summed E-state index contributed by atoms with van der Waals surface area (Å²) in [6.45, 7) is 2.30. The van der Waals surface area contributed by atoms with E-state index >= 15 is 0 Å². The van der Waals surface area contributed by atoms with Crippen LogP contribution in [0.4, 0.5) is 0 Å². The average Bonchev–Trinajstić information content (AvgIpc) is 3.07. The highest BCUT2D eigenvalue weighted by Crippen LogP contribution is 2.40. The number of amides is 1. The van der Waals surface area contributed by atoms with Crippen LogP contribution in [-0.2, 0) is 4.79 Å². The van der Waals surface area contributed by atoms with Crippen LogP contribution in [0.3, 0.4) is 0 Å². The third kappa shape index (κ3) is 3.27. The molecule has 2 heterocycles. The lowest BCUT2D eigenvalue weighted by molar-refractivity contribution is -0.126. The molecule has 0 aromatic heterocycles. The Bertz CT molecular complexity index is 598. The normalized spacial score (nSPS) is 20.1. The fourth-order valence-electron chi connectivity index (χ4n) is 3.02. The van der Waals surface area contributed by atoms with Crippen LogP contribution < -0.4 is 19.9 Å². The van der Waals surface area contributed by atoms with Gasteiger partial charge in [0.05, 0.1) is 7.11 Å². The molecule has 2 aliphatic rings. The summed E-state index contributed by atoms with van der Waals surface area (Å²) in [4.78, 5) is 14.2. The summed E-state index contributed by atoms with van der Waals surface area (Å²) in [6.07, 6.45) is 5.35. The minimum Gasteiger partial charge on any atom is -0.493 e. The zero-order valence-electron chi connectivity index (χ0n) is 13.3. The number of carbonyl (C=O) groups excluding carboxylic acids is 1. The highest BCUT2D eigenvalue weighted by molar-refractivity contribution is 5.92. The summed E-state index contributed by atoms with van der Waals surface area (Å²) in [5.41, 5.74) is 6.55. The van der Waals surface area contributed by atoms with E-state index in [-0.39, 0.29) is 11.9 Å². The van der Waals surface area contributed by atoms with Crippen LogP contribution in [0.25, 0.3) is 6.08 Å². The highest BCUT2D eigenvalue weighted by atomic mass is 16.6. The van der Waals surface area contributed by atoms with Gasteiger partial charge in [-0.3, -0.25) is 4.79 Å². The zero-order valence-corrected chi connectivity index (χ0v) is 13.3. The molecule has 0 radical (unpaired) electrons. The molecule has 1 amide bonds. The smallest absolute Gasteiger partial charge is 0.246 e. The van der Waals surface area contributed by atoms with Crippen molar-refractivity contribution in [2.75, 3.05) is 33.4 Å². The van der Waals surface area contributed by atoms with Crippen molar-refractivity contribution in [1.29, 1.82) is 0 Å². The number of hydrogen-bond acceptors (Lipinski definition) is 5. The molecule has 0 aliphatic carbocycles. The highest BCUT2D eigenvalue weighted by Gasteiger charge is 2.26. The minimum absolute atomic E-state index is 0.00759. The molecule has 3 rings (SSSR count). The second-order valence-corrected chi connectivity index (χ2v) is 5.64. The molecular weight excluding hydrogens is 296 g/mol. The third-order valence-corrected chi connectivity index (χ3v) is 4.20. The van der Waals surface area contributed by atoms with Gasteiger partial charge in [-0.05, 0) is 36.6 Å². The zero-order chi connectivity index (χ0) is 16.2. The van der Waals surface area contributed by atoms with Crippen molar-refractivity contribution >= 4 is 12.0 Å². The van der Waals surface area contributed by atoms with E-state index in [2.05, 4.69) is 0 Å². The molecule has 1 aromatic carbocycles. The van der Waals surface area contributed by atoms with Crippen molar-refractivity contribution in [3.63, 3.8) is 0 Å². The first-order valence-electron chi connectivity index (χ1n) is 7.89. The van der Waals surface area contributed by atoms with Crippen LogP contribution in [-0.4, -0.2) is 50.3 Å². The Kier molecular flexibility index (Phi) is 4.71. The van der Waals surface area contributed by atoms with Crippen molar-refractivity contribution in [3.05, 3.63) is 23.8 Å². The number of carbonyl (C=O) groups is 1. The van der Waals surface area contributed by atoms with Crippen LogP contribution in [0.1, 0.15) is 18.4 Å². The van der Waals surface area contributed by atoms with Crippen LogP contribution >= 0.6 is 0 Å². The van der Waals surface area contributed by atoms with Crippen molar-refractivity contribution < 1.29 is 19.0 Å². The summed E-state index contributed by atoms with van der Waals surface area (Å²) in [6, 6.07) is 3.84. The van der Waals surface area contributed by atoms with Gasteiger partial charge in [0.25, 0.3) is 0 Å². The Hall–Kier alpha value is -2.21. The molecule has 0 saturated carbocycles. The minimum atomic E-state index is -0.00759. The predicted octanol–water partition coefficient (Wildman–Crippen LogP) is 1.43. The molecule has 1 atom stereocenters. The van der Waals surface area contributed by atoms with Crippen molar-refractivity contribution in [1.82, 2.24) is 4.90 Å². The monoisotopic (exact) mass is 318 g/mol. The van der Waals surface area contributed by atoms with Crippen molar-refractivity contribution in [2.24, 2.45) is 5.73 Å². The number of hydrogen-bond donors (Lipinski definition) is 1. The first kappa shape index (κ1) is 15.7. The van der Waals surface area contributed by atoms with Gasteiger partial charge >= 0.3 is 0 Å². The number of likely N-dealkylation sites (tertiary alicyclic amines) is 1. The number of methoxy groups -OCH3 is 1. The molecule has 1 saturated heterocycles. The average molecular weight is 318 g/mol. The molecule has 6 heteroatoms. The molecule has 1 fully saturated rings. The van der Waals surface area contributed by atoms with Gasteiger partial charge in [0.2, 0.25) is 11.7 Å². The van der Waals surface area contributed by atoms with Crippen LogP contribution in [0, 0.1) is 0 Å². The van der Waals surface area contributed by atoms with Gasteiger partial charge in [0, 0.05) is 25.2 Å². The van der Waals surface area contributed by atoms with Crippen LogP contribution in [0.5, 0.6) is 17.2 Å². The summed E-state index contributed by atoms with van der Waals surface area (Å²) in [5.74, 6) is 1.86. The second kappa shape index (κ2) is 6.91. The number of ether oxygens (including phenoxy) is 3. The van der Waals surface area contributed by atoms with E-state index in [9.17, 15) is 4.79 Å². The number of benzene rings is 1. The quantitative estimate of drug-likeness (QED) is 0.850. The Morgan fingerprint density at radius 1 is 1.43 bits per heavy atom. The van der Waals surface area contributed by atoms with Gasteiger partial charge in [-0.25, -0.2) is 0 Å². The van der Waals surface area contributed by atoms with Gasteiger partial charge in [-0.2, -0.15) is 0 Å². The second-order valence-electron chi connectivity index (χ2n) is 5.64. The Morgan fingerprint density at radius 3 is 3.04 bits per heavy atom. The summed E-state index contributed by atoms with van der Waals surface area (Å²) < 4.78 is 16.5. The molecule has 0 spiro atoms. The van der Waals surface area contributed by atoms with Gasteiger partial charge in [0.1, 0.15) is 13.2 Å². The molecule has 6 nitrogen and oxygen atoms in total. The number of nitrogens with zero attached hydrogens (tertiary/aromatic N) is 1. The molecule has 23 heavy (non-hydrogen) atoms. The lowest BCUT2D eigenvalue weighted by Crippen LogP contribution is -2.38. The Balaban J connectivity index is 1.78. The summed E-state index contributed by atoms with van der Waals surface area (Å²) in [5, 5.41) is 0. The van der Waals surface area contributed by atoms with E-state index in [0.717, 1.165) is 24.9 Å². The van der Waals surface area contributed by atoms with Crippen LogP contribution in [0.15, 0.2) is 18.2 Å². The van der Waals surface area contributed by atoms with E-state index in [1.165, 1.54) is 0 Å². The fraction of sp³-hybridized carbons (Fsp3) is 0.471. The standard InChI is InChI=1S/C17H22N2O4/c1-21-14-9-12(10-15-17(14)23-8-7-22-15)4-5-16(20)19-6-2-3-13(19)11-18/h4-5,9-10,13H,2-3,6-8,11,18H2,1H3. The molecular formula is C17H22N2O4. The van der Waals surface area contributed by atoms with Gasteiger partial charge in [-0.1, -0.05) is 0 Å². The molecule has 0 bridgehead atoms. The van der Waals surface area contributed by atoms with Crippen molar-refractivity contribution in [3.8, 4) is 17.2 Å². The SMILES string of the molecule is COc1cc(C=CC(=O)N2CCCC2CN)cc2c1OCCO2. The van der Waals surface area contributed by atoms with E-state index in [1.54, 1.807) is 19.3 Å². The molecule has 124 valence electrons. The maximum atomic E-state index is 12.3. The van der Waals surface area contributed by atoms with Gasteiger partial charge in [-0.15, -0.1) is 0 Å². The molecule has 2 aliphatic heterocycles. The van der Waals surface area contributed by atoms with E-state index in [1.807, 2.05) is 17.0 Å². The summed E-state index contributed by atoms with van der Waals surface area (Å²) in [7, 11) is 1.59. The summed E-state index contributed by atoms with van der Waals surface area (Å²) >= 11 is 0. The van der Waals surface area contributed by atoms with Gasteiger partial charge < -0.3 is 24.8 Å². The van der Waals surface area contributed by atoms with Crippen LogP contribution in [0.2, 0.25) is 0 Å². The largest absolute Gasteiger partial charge is 0.493 e. The molecule has 1 aromatic rings. The number of rotatable bonds is 4. The van der Waals surface area contributed by atoms with E-state index in [0.29, 0.717) is 37.0 Å². The molecule has 2 N–H and O–H groups in total. The van der Waals surface area contributed by atoms with E-state index < -0.39 is 0 Å². The third-order valence-electron chi connectivity index (χ3n) is 4.20. The number of fused-ring (bicyclic) bond motifs is 1. The first-order valence-corrected chi connectivity index (χ1v) is 7.89.